The standard InChI is InChI=1S/C52H34N4/c1-3-12-35(13-4-1)38-14-11-15-39(30-38)36-22-24-37(25-23-36)42-33-53-52(54-34-42)56-49-21-10-7-18-44(49)46-28-26-41(32-51(46)56)40-27-29-50-47(31-40)45-19-8-9-20-48(45)55(50)43-16-5-2-6-17-43/h1-34H. The Morgan fingerprint density at radius 1 is 0.268 bits per heavy atom. The number of rotatable bonds is 6. The number of nitrogens with zero attached hydrogens (tertiary/aromatic N) is 4. The molecule has 0 bridgehead atoms. The summed E-state index contributed by atoms with van der Waals surface area (Å²) in [6, 6.07) is 69.3. The molecule has 3 aromatic heterocycles. The fourth-order valence-electron chi connectivity index (χ4n) is 8.32. The van der Waals surface area contributed by atoms with Gasteiger partial charge in [0.15, 0.2) is 0 Å². The third-order valence-corrected chi connectivity index (χ3v) is 11.1. The third-order valence-electron chi connectivity index (χ3n) is 11.1. The fourth-order valence-corrected chi connectivity index (χ4v) is 8.32. The van der Waals surface area contributed by atoms with Crippen LogP contribution in [0.5, 0.6) is 0 Å². The highest BCUT2D eigenvalue weighted by Crippen LogP contribution is 2.38. The van der Waals surface area contributed by atoms with Crippen LogP contribution >= 0.6 is 0 Å². The van der Waals surface area contributed by atoms with Crippen molar-refractivity contribution in [3.8, 4) is 56.1 Å². The quantitative estimate of drug-likeness (QED) is 0.172. The Kier molecular flexibility index (Phi) is 7.46. The average Bonchev–Trinajstić information content (AvgIpc) is 3.79. The van der Waals surface area contributed by atoms with Crippen molar-refractivity contribution in [2.75, 3.05) is 0 Å². The molecule has 0 aliphatic carbocycles. The molecule has 0 N–H and O–H groups in total. The molecule has 0 unspecified atom stereocenters. The lowest BCUT2D eigenvalue weighted by Gasteiger charge is -2.10. The van der Waals surface area contributed by atoms with E-state index in [1.807, 2.05) is 12.4 Å². The monoisotopic (exact) mass is 714 g/mol. The summed E-state index contributed by atoms with van der Waals surface area (Å²) < 4.78 is 4.55. The van der Waals surface area contributed by atoms with Crippen molar-refractivity contribution in [1.29, 1.82) is 0 Å². The van der Waals surface area contributed by atoms with Gasteiger partial charge in [-0.2, -0.15) is 0 Å². The van der Waals surface area contributed by atoms with Crippen molar-refractivity contribution in [3.05, 3.63) is 207 Å². The van der Waals surface area contributed by atoms with Gasteiger partial charge in [-0.05, 0) is 87.5 Å². The minimum atomic E-state index is 0.646. The number of benzene rings is 8. The molecule has 0 radical (unpaired) electrons. The number of hydrogen-bond donors (Lipinski definition) is 0. The van der Waals surface area contributed by atoms with Gasteiger partial charge in [-0.15, -0.1) is 0 Å². The van der Waals surface area contributed by atoms with E-state index in [0.717, 1.165) is 33.4 Å². The first-order valence-electron chi connectivity index (χ1n) is 19.0. The van der Waals surface area contributed by atoms with Crippen LogP contribution in [-0.2, 0) is 0 Å². The summed E-state index contributed by atoms with van der Waals surface area (Å²) >= 11 is 0. The lowest BCUT2D eigenvalue weighted by atomic mass is 9.98. The highest BCUT2D eigenvalue weighted by molar-refractivity contribution is 6.12. The molecule has 0 spiro atoms. The largest absolute Gasteiger partial charge is 0.309 e. The first-order valence-corrected chi connectivity index (χ1v) is 19.0. The molecule has 0 amide bonds. The van der Waals surface area contributed by atoms with Crippen LogP contribution in [0.3, 0.4) is 0 Å². The number of aromatic nitrogens is 4. The molecule has 4 heteroatoms. The van der Waals surface area contributed by atoms with Gasteiger partial charge >= 0.3 is 0 Å². The SMILES string of the molecule is c1ccc(-c2cccc(-c3ccc(-c4cnc(-n5c6ccccc6c6ccc(-c7ccc8c(c7)c7ccccc7n8-c7ccccc7)cc65)nc4)cc3)c2)cc1. The lowest BCUT2D eigenvalue weighted by molar-refractivity contribution is 0.990. The van der Waals surface area contributed by atoms with Gasteiger partial charge in [-0.25, -0.2) is 9.97 Å². The molecular formula is C52H34N4. The molecule has 0 fully saturated rings. The first kappa shape index (κ1) is 31.9. The summed E-state index contributed by atoms with van der Waals surface area (Å²) in [7, 11) is 0. The van der Waals surface area contributed by atoms with E-state index in [4.69, 9.17) is 9.97 Å². The van der Waals surface area contributed by atoms with Gasteiger partial charge < -0.3 is 4.57 Å². The summed E-state index contributed by atoms with van der Waals surface area (Å²) in [5.74, 6) is 0.646. The molecule has 11 aromatic rings. The molecule has 11 rings (SSSR count). The van der Waals surface area contributed by atoms with Crippen LogP contribution in [0.25, 0.3) is 99.8 Å². The lowest BCUT2D eigenvalue weighted by Crippen LogP contribution is -2.00. The van der Waals surface area contributed by atoms with Gasteiger partial charge in [0.25, 0.3) is 0 Å². The summed E-state index contributed by atoms with van der Waals surface area (Å²) in [4.78, 5) is 9.96. The second-order valence-electron chi connectivity index (χ2n) is 14.3. The maximum atomic E-state index is 4.98. The van der Waals surface area contributed by atoms with Crippen molar-refractivity contribution >= 4 is 43.6 Å². The molecular weight excluding hydrogens is 681 g/mol. The van der Waals surface area contributed by atoms with Crippen molar-refractivity contribution < 1.29 is 0 Å². The summed E-state index contributed by atoms with van der Waals surface area (Å²) in [5.41, 5.74) is 14.9. The van der Waals surface area contributed by atoms with Crippen LogP contribution in [-0.4, -0.2) is 19.1 Å². The third kappa shape index (κ3) is 5.31. The van der Waals surface area contributed by atoms with Crippen LogP contribution < -0.4 is 0 Å². The Labute approximate surface area is 324 Å². The van der Waals surface area contributed by atoms with Gasteiger partial charge in [-0.3, -0.25) is 4.57 Å². The van der Waals surface area contributed by atoms with Crippen molar-refractivity contribution in [2.45, 2.75) is 0 Å². The normalized spacial score (nSPS) is 11.6. The van der Waals surface area contributed by atoms with E-state index in [-0.39, 0.29) is 0 Å². The van der Waals surface area contributed by atoms with E-state index in [1.165, 1.54) is 60.4 Å². The van der Waals surface area contributed by atoms with Crippen LogP contribution in [0, 0.1) is 0 Å². The second kappa shape index (κ2) is 13.1. The van der Waals surface area contributed by atoms with E-state index in [0.29, 0.717) is 5.95 Å². The zero-order chi connectivity index (χ0) is 37.0. The maximum Gasteiger partial charge on any atom is 0.234 e. The molecule has 0 aliphatic rings. The van der Waals surface area contributed by atoms with Crippen molar-refractivity contribution in [1.82, 2.24) is 19.1 Å². The first-order chi connectivity index (χ1) is 27.8. The van der Waals surface area contributed by atoms with Crippen LogP contribution in [0.1, 0.15) is 0 Å². The molecule has 0 atom stereocenters. The Hall–Kier alpha value is -7.56. The topological polar surface area (TPSA) is 35.6 Å². The molecule has 262 valence electrons. The number of fused-ring (bicyclic) bond motifs is 6. The molecule has 4 nitrogen and oxygen atoms in total. The van der Waals surface area contributed by atoms with Crippen molar-refractivity contribution in [3.63, 3.8) is 0 Å². The van der Waals surface area contributed by atoms with Crippen LogP contribution in [0.15, 0.2) is 207 Å². The molecule has 0 saturated carbocycles. The van der Waals surface area contributed by atoms with Gasteiger partial charge in [0.05, 0.1) is 22.1 Å². The minimum Gasteiger partial charge on any atom is -0.309 e. The zero-order valence-corrected chi connectivity index (χ0v) is 30.4. The van der Waals surface area contributed by atoms with E-state index >= 15 is 0 Å². The minimum absolute atomic E-state index is 0.646. The second-order valence-corrected chi connectivity index (χ2v) is 14.3. The molecule has 56 heavy (non-hydrogen) atoms. The number of hydrogen-bond acceptors (Lipinski definition) is 2. The Morgan fingerprint density at radius 3 is 1.45 bits per heavy atom. The summed E-state index contributed by atoms with van der Waals surface area (Å²) in [6.07, 6.45) is 3.88. The van der Waals surface area contributed by atoms with Crippen molar-refractivity contribution in [2.24, 2.45) is 0 Å². The van der Waals surface area contributed by atoms with E-state index in [2.05, 4.69) is 203 Å². The van der Waals surface area contributed by atoms with E-state index in [1.54, 1.807) is 0 Å². The predicted molar refractivity (Wildman–Crippen MR) is 232 cm³/mol. The fraction of sp³-hybridized carbons (Fsp3) is 0. The van der Waals surface area contributed by atoms with Crippen LogP contribution in [0.4, 0.5) is 0 Å². The summed E-state index contributed by atoms with van der Waals surface area (Å²) in [5, 5.41) is 4.82. The summed E-state index contributed by atoms with van der Waals surface area (Å²) in [6.45, 7) is 0. The Balaban J connectivity index is 0.961. The highest BCUT2D eigenvalue weighted by atomic mass is 15.1. The predicted octanol–water partition coefficient (Wildman–Crippen LogP) is 13.3. The van der Waals surface area contributed by atoms with Gasteiger partial charge in [0.1, 0.15) is 0 Å². The average molecular weight is 715 g/mol. The maximum absolute atomic E-state index is 4.98. The molecule has 3 heterocycles. The smallest absolute Gasteiger partial charge is 0.234 e. The molecule has 8 aromatic carbocycles. The van der Waals surface area contributed by atoms with E-state index in [9.17, 15) is 0 Å². The van der Waals surface area contributed by atoms with E-state index < -0.39 is 0 Å². The van der Waals surface area contributed by atoms with Gasteiger partial charge in [0, 0.05) is 45.2 Å². The van der Waals surface area contributed by atoms with Gasteiger partial charge in [-0.1, -0.05) is 146 Å². The zero-order valence-electron chi connectivity index (χ0n) is 30.4. The van der Waals surface area contributed by atoms with Crippen LogP contribution in [0.2, 0.25) is 0 Å². The Bertz CT molecular complexity index is 3210. The highest BCUT2D eigenvalue weighted by Gasteiger charge is 2.17. The number of para-hydroxylation sites is 3. The van der Waals surface area contributed by atoms with Gasteiger partial charge in [0.2, 0.25) is 5.95 Å². The Morgan fingerprint density at radius 2 is 0.732 bits per heavy atom. The molecule has 0 aliphatic heterocycles. The molecule has 0 saturated heterocycles.